The Morgan fingerprint density at radius 2 is 1.43 bits per heavy atom. The lowest BCUT2D eigenvalue weighted by molar-refractivity contribution is 0.588. The largest absolute Gasteiger partial charge is 0.279 e. The zero-order valence-corrected chi connectivity index (χ0v) is 14.6. The molecule has 8 heteroatoms. The molecule has 0 spiro atoms. The number of hydrogen-bond acceptors (Lipinski definition) is 4. The summed E-state index contributed by atoms with van der Waals surface area (Å²) in [6.07, 6.45) is 0. The fourth-order valence-electron chi connectivity index (χ4n) is 1.98. The number of hydrogen-bond donors (Lipinski definition) is 2. The average molecular weight is 354 g/mol. The summed E-state index contributed by atoms with van der Waals surface area (Å²) in [5, 5.41) is 0. The first-order valence-electron chi connectivity index (χ1n) is 6.79. The van der Waals surface area contributed by atoms with Crippen molar-refractivity contribution in [2.45, 2.75) is 23.6 Å². The Balaban J connectivity index is 2.45. The lowest BCUT2D eigenvalue weighted by atomic mass is 10.1. The maximum Gasteiger partial charge on any atom is 0.261 e. The highest BCUT2D eigenvalue weighted by molar-refractivity contribution is 7.93. The van der Waals surface area contributed by atoms with Crippen LogP contribution in [0.15, 0.2) is 52.3 Å². The maximum atomic E-state index is 12.5. The van der Waals surface area contributed by atoms with Gasteiger partial charge in [0.05, 0.1) is 15.5 Å². The standard InChI is InChI=1S/C15H18N2O4S2/c1-11-7-8-12(2)15(9-11)17-23(20,21)14-6-4-5-13(10-14)22(18,19)16-3/h4-10,16-17H,1-3H3. The zero-order valence-electron chi connectivity index (χ0n) is 13.0. The van der Waals surface area contributed by atoms with Gasteiger partial charge in [-0.05, 0) is 56.3 Å². The van der Waals surface area contributed by atoms with E-state index in [-0.39, 0.29) is 9.79 Å². The van der Waals surface area contributed by atoms with E-state index in [0.29, 0.717) is 5.69 Å². The van der Waals surface area contributed by atoms with Crippen molar-refractivity contribution in [3.05, 3.63) is 53.6 Å². The molecule has 0 aromatic heterocycles. The molecule has 6 nitrogen and oxygen atoms in total. The van der Waals surface area contributed by atoms with Gasteiger partial charge in [0.15, 0.2) is 0 Å². The minimum Gasteiger partial charge on any atom is -0.279 e. The lowest BCUT2D eigenvalue weighted by Gasteiger charge is -2.12. The Kier molecular flexibility index (Phi) is 4.79. The SMILES string of the molecule is CNS(=O)(=O)c1cccc(S(=O)(=O)Nc2cc(C)ccc2C)c1. The molecule has 0 atom stereocenters. The molecule has 2 aromatic rings. The number of aryl methyl sites for hydroxylation is 2. The summed E-state index contributed by atoms with van der Waals surface area (Å²) in [5.41, 5.74) is 2.16. The first-order valence-corrected chi connectivity index (χ1v) is 9.76. The molecule has 0 fully saturated rings. The molecule has 124 valence electrons. The molecule has 0 heterocycles. The van der Waals surface area contributed by atoms with Crippen molar-refractivity contribution >= 4 is 25.7 Å². The van der Waals surface area contributed by atoms with E-state index in [1.165, 1.54) is 25.2 Å². The smallest absolute Gasteiger partial charge is 0.261 e. The van der Waals surface area contributed by atoms with E-state index < -0.39 is 20.0 Å². The number of sulfonamides is 2. The number of benzene rings is 2. The highest BCUT2D eigenvalue weighted by atomic mass is 32.2. The molecular weight excluding hydrogens is 336 g/mol. The Morgan fingerprint density at radius 1 is 0.826 bits per heavy atom. The van der Waals surface area contributed by atoms with Crippen LogP contribution in [-0.2, 0) is 20.0 Å². The van der Waals surface area contributed by atoms with Crippen molar-refractivity contribution in [3.8, 4) is 0 Å². The third kappa shape index (κ3) is 3.90. The van der Waals surface area contributed by atoms with Crippen LogP contribution in [0.1, 0.15) is 11.1 Å². The minimum atomic E-state index is -3.89. The van der Waals surface area contributed by atoms with Crippen LogP contribution in [0, 0.1) is 13.8 Å². The van der Waals surface area contributed by atoms with Crippen molar-refractivity contribution in [2.75, 3.05) is 11.8 Å². The number of anilines is 1. The maximum absolute atomic E-state index is 12.5. The fraction of sp³-hybridized carbons (Fsp3) is 0.200. The zero-order chi connectivity index (χ0) is 17.3. The normalized spacial score (nSPS) is 12.1. The molecule has 0 aliphatic rings. The van der Waals surface area contributed by atoms with Crippen molar-refractivity contribution in [1.82, 2.24) is 4.72 Å². The van der Waals surface area contributed by atoms with Gasteiger partial charge in [0.25, 0.3) is 10.0 Å². The van der Waals surface area contributed by atoms with Crippen LogP contribution in [0.2, 0.25) is 0 Å². The van der Waals surface area contributed by atoms with Crippen LogP contribution in [-0.4, -0.2) is 23.9 Å². The molecule has 0 radical (unpaired) electrons. The summed E-state index contributed by atoms with van der Waals surface area (Å²) in [4.78, 5) is -0.224. The van der Waals surface area contributed by atoms with E-state index in [1.807, 2.05) is 19.1 Å². The van der Waals surface area contributed by atoms with Gasteiger partial charge in [-0.2, -0.15) is 0 Å². The summed E-state index contributed by atoms with van der Waals surface area (Å²) >= 11 is 0. The van der Waals surface area contributed by atoms with Crippen LogP contribution < -0.4 is 9.44 Å². The molecule has 0 bridgehead atoms. The Labute approximate surface area is 136 Å². The van der Waals surface area contributed by atoms with Crippen molar-refractivity contribution in [2.24, 2.45) is 0 Å². The molecule has 0 aliphatic heterocycles. The third-order valence-electron chi connectivity index (χ3n) is 3.33. The first-order chi connectivity index (χ1) is 10.7. The lowest BCUT2D eigenvalue weighted by Crippen LogP contribution is -2.20. The molecule has 2 rings (SSSR count). The van der Waals surface area contributed by atoms with Gasteiger partial charge in [0.1, 0.15) is 0 Å². The minimum absolute atomic E-state index is 0.108. The van der Waals surface area contributed by atoms with Crippen LogP contribution in [0.25, 0.3) is 0 Å². The van der Waals surface area contributed by atoms with Crippen LogP contribution in [0.4, 0.5) is 5.69 Å². The van der Waals surface area contributed by atoms with Crippen molar-refractivity contribution < 1.29 is 16.8 Å². The Morgan fingerprint density at radius 3 is 2.04 bits per heavy atom. The Hall–Kier alpha value is -1.90. The quantitative estimate of drug-likeness (QED) is 0.859. The monoisotopic (exact) mass is 354 g/mol. The van der Waals surface area contributed by atoms with Crippen LogP contribution in [0.3, 0.4) is 0 Å². The molecule has 0 aliphatic carbocycles. The molecule has 0 unspecified atom stereocenters. The van der Waals surface area contributed by atoms with Crippen LogP contribution in [0.5, 0.6) is 0 Å². The van der Waals surface area contributed by atoms with Gasteiger partial charge < -0.3 is 0 Å². The highest BCUT2D eigenvalue weighted by Crippen LogP contribution is 2.22. The van der Waals surface area contributed by atoms with Gasteiger partial charge >= 0.3 is 0 Å². The third-order valence-corrected chi connectivity index (χ3v) is 6.11. The van der Waals surface area contributed by atoms with E-state index in [2.05, 4.69) is 9.44 Å². The van der Waals surface area contributed by atoms with Crippen molar-refractivity contribution in [1.29, 1.82) is 0 Å². The second kappa shape index (κ2) is 6.31. The summed E-state index contributed by atoms with van der Waals surface area (Å²) in [7, 11) is -6.33. The van der Waals surface area contributed by atoms with E-state index in [1.54, 1.807) is 13.0 Å². The van der Waals surface area contributed by atoms with Gasteiger partial charge in [0, 0.05) is 0 Å². The van der Waals surface area contributed by atoms with Gasteiger partial charge in [-0.1, -0.05) is 18.2 Å². The molecule has 0 saturated heterocycles. The topological polar surface area (TPSA) is 92.3 Å². The number of rotatable bonds is 5. The van der Waals surface area contributed by atoms with E-state index >= 15 is 0 Å². The summed E-state index contributed by atoms with van der Waals surface area (Å²) in [6, 6.07) is 10.6. The van der Waals surface area contributed by atoms with E-state index in [9.17, 15) is 16.8 Å². The second-order valence-corrected chi connectivity index (χ2v) is 8.68. The second-order valence-electron chi connectivity index (χ2n) is 5.11. The van der Waals surface area contributed by atoms with E-state index in [4.69, 9.17) is 0 Å². The predicted octanol–water partition coefficient (Wildman–Crippen LogP) is 2.01. The van der Waals surface area contributed by atoms with Gasteiger partial charge in [-0.25, -0.2) is 21.6 Å². The predicted molar refractivity (Wildman–Crippen MR) is 89.4 cm³/mol. The average Bonchev–Trinajstić information content (AvgIpc) is 2.51. The molecule has 0 amide bonds. The fourth-order valence-corrected chi connectivity index (χ4v) is 3.99. The van der Waals surface area contributed by atoms with E-state index in [0.717, 1.165) is 17.2 Å². The highest BCUT2D eigenvalue weighted by Gasteiger charge is 2.19. The molecule has 0 saturated carbocycles. The molecular formula is C15H18N2O4S2. The summed E-state index contributed by atoms with van der Waals surface area (Å²) in [6.45, 7) is 3.65. The first kappa shape index (κ1) is 17.5. The molecule has 23 heavy (non-hydrogen) atoms. The summed E-state index contributed by atoms with van der Waals surface area (Å²) < 4.78 is 53.3. The van der Waals surface area contributed by atoms with Gasteiger partial charge in [-0.15, -0.1) is 0 Å². The van der Waals surface area contributed by atoms with Crippen molar-refractivity contribution in [3.63, 3.8) is 0 Å². The molecule has 2 aromatic carbocycles. The molecule has 2 N–H and O–H groups in total. The van der Waals surface area contributed by atoms with Gasteiger partial charge in [-0.3, -0.25) is 4.72 Å². The Bertz CT molecular complexity index is 936. The number of nitrogens with one attached hydrogen (secondary N) is 2. The summed E-state index contributed by atoms with van der Waals surface area (Å²) in [5.74, 6) is 0. The van der Waals surface area contributed by atoms with Crippen LogP contribution >= 0.6 is 0 Å². The van der Waals surface area contributed by atoms with Gasteiger partial charge in [0.2, 0.25) is 10.0 Å².